The molecule has 0 saturated heterocycles. The molecule has 0 fully saturated rings. The van der Waals surface area contributed by atoms with Gasteiger partial charge in [-0.05, 0) is 84.7 Å². The lowest BCUT2D eigenvalue weighted by molar-refractivity contribution is 0.0695. The summed E-state index contributed by atoms with van der Waals surface area (Å²) in [5.41, 5.74) is 6.60. The Morgan fingerprint density at radius 3 is 2.49 bits per heavy atom. The van der Waals surface area contributed by atoms with Gasteiger partial charge in [-0.25, -0.2) is 14.3 Å². The third-order valence-corrected chi connectivity index (χ3v) is 9.17. The normalized spacial score (nSPS) is 13.7. The topological polar surface area (TPSA) is 143 Å². The number of carboxylic acid groups (broad SMARTS) is 1. The van der Waals surface area contributed by atoms with Gasteiger partial charge in [-0.1, -0.05) is 54.1 Å². The predicted molar refractivity (Wildman–Crippen MR) is 176 cm³/mol. The molecule has 0 unspecified atom stereocenters. The number of carbonyl (C=O) groups excluding carboxylic acids is 3. The number of ketones is 1. The van der Waals surface area contributed by atoms with Crippen LogP contribution < -0.4 is 10.6 Å². The van der Waals surface area contributed by atoms with Crippen LogP contribution in [0.1, 0.15) is 93.1 Å². The van der Waals surface area contributed by atoms with Crippen molar-refractivity contribution >= 4 is 40.8 Å². The van der Waals surface area contributed by atoms with Gasteiger partial charge in [-0.15, -0.1) is 0 Å². The molecule has 2 amide bonds. The first kappa shape index (κ1) is 31.6. The number of halogens is 1. The van der Waals surface area contributed by atoms with Gasteiger partial charge in [0.2, 0.25) is 0 Å². The lowest BCUT2D eigenvalue weighted by Crippen LogP contribution is -2.31. The highest BCUT2D eigenvalue weighted by atomic mass is 35.5. The van der Waals surface area contributed by atoms with Crippen LogP contribution in [0.3, 0.4) is 0 Å². The molecule has 0 radical (unpaired) electrons. The van der Waals surface area contributed by atoms with Crippen molar-refractivity contribution in [3.63, 3.8) is 0 Å². The van der Waals surface area contributed by atoms with E-state index in [0.29, 0.717) is 29.0 Å². The maximum atomic E-state index is 13.9. The number of carboxylic acids is 1. The van der Waals surface area contributed by atoms with Gasteiger partial charge in [0.05, 0.1) is 23.4 Å². The molecule has 2 aromatic heterocycles. The summed E-state index contributed by atoms with van der Waals surface area (Å²) in [6, 6.07) is 17.2. The Morgan fingerprint density at radius 1 is 0.957 bits per heavy atom. The first-order chi connectivity index (χ1) is 22.5. The zero-order valence-corrected chi connectivity index (χ0v) is 26.8. The van der Waals surface area contributed by atoms with E-state index in [1.165, 1.54) is 16.8 Å². The van der Waals surface area contributed by atoms with Crippen molar-refractivity contribution in [3.8, 4) is 0 Å². The highest BCUT2D eigenvalue weighted by Gasteiger charge is 2.29. The maximum Gasteiger partial charge on any atom is 0.335 e. The van der Waals surface area contributed by atoms with E-state index in [2.05, 4.69) is 20.7 Å². The number of rotatable bonds is 9. The Morgan fingerprint density at radius 2 is 1.74 bits per heavy atom. The highest BCUT2D eigenvalue weighted by Crippen LogP contribution is 2.35. The summed E-state index contributed by atoms with van der Waals surface area (Å²) < 4.78 is 1.27. The molecule has 47 heavy (non-hydrogen) atoms. The summed E-state index contributed by atoms with van der Waals surface area (Å²) in [4.78, 5) is 57.0. The standard InChI is InChI=1S/C36H32ClN5O5/c1-19-8-9-22(14-20(19)2)17-38-34(44)30-16-31(35(45)41-29-13-12-24-21(3)25(36(46)47)10-11-26(24)29)42-33(40-30)27(18-39-42)32(43)15-23-6-4-5-7-28(23)37/h4-11,14,16,18,29H,12-13,15,17H2,1-3H3,(H,38,44)(H,41,45)(H,46,47)/t29-/m0/s1. The zero-order valence-electron chi connectivity index (χ0n) is 26.1. The molecule has 0 bridgehead atoms. The first-order valence-corrected chi connectivity index (χ1v) is 15.6. The van der Waals surface area contributed by atoms with Gasteiger partial charge in [-0.3, -0.25) is 14.4 Å². The number of carbonyl (C=O) groups is 4. The molecule has 0 spiro atoms. The van der Waals surface area contributed by atoms with Crippen molar-refractivity contribution in [2.45, 2.75) is 52.6 Å². The van der Waals surface area contributed by atoms with Crippen LogP contribution in [0.4, 0.5) is 0 Å². The Balaban J connectivity index is 1.34. The molecule has 2 heterocycles. The largest absolute Gasteiger partial charge is 0.478 e. The first-order valence-electron chi connectivity index (χ1n) is 15.2. The predicted octanol–water partition coefficient (Wildman–Crippen LogP) is 5.78. The SMILES string of the molecule is Cc1ccc(CNC(=O)c2cc(C(=O)N[C@H]3CCc4c3ccc(C(=O)O)c4C)n3ncc(C(=O)Cc4ccccc4Cl)c3n2)cc1C. The molecule has 0 saturated carbocycles. The number of Topliss-reactive ketones (excluding diaryl/α,β-unsaturated/α-hetero) is 1. The Hall–Kier alpha value is -5.35. The molecule has 1 aliphatic rings. The Labute approximate surface area is 275 Å². The molecule has 6 rings (SSSR count). The molecule has 5 aromatic rings. The van der Waals surface area contributed by atoms with E-state index in [4.69, 9.17) is 11.6 Å². The number of nitrogens with zero attached hydrogens (tertiary/aromatic N) is 3. The molecule has 1 aliphatic carbocycles. The molecular weight excluding hydrogens is 618 g/mol. The number of fused-ring (bicyclic) bond motifs is 2. The number of nitrogens with one attached hydrogen (secondary N) is 2. The molecule has 3 aromatic carbocycles. The number of aromatic nitrogens is 3. The van der Waals surface area contributed by atoms with Gasteiger partial charge in [0.1, 0.15) is 11.4 Å². The Kier molecular flexibility index (Phi) is 8.62. The minimum absolute atomic E-state index is 0.0236. The lowest BCUT2D eigenvalue weighted by Gasteiger charge is -2.16. The van der Waals surface area contributed by atoms with Gasteiger partial charge >= 0.3 is 5.97 Å². The number of hydrogen-bond donors (Lipinski definition) is 3. The summed E-state index contributed by atoms with van der Waals surface area (Å²) in [5, 5.41) is 20.2. The summed E-state index contributed by atoms with van der Waals surface area (Å²) in [7, 11) is 0. The molecule has 11 heteroatoms. The van der Waals surface area contributed by atoms with E-state index in [1.807, 2.05) is 32.0 Å². The monoisotopic (exact) mass is 649 g/mol. The van der Waals surface area contributed by atoms with Crippen LogP contribution >= 0.6 is 11.6 Å². The number of benzene rings is 3. The van der Waals surface area contributed by atoms with Gasteiger partial charge < -0.3 is 15.7 Å². The fraction of sp³-hybridized carbons (Fsp3) is 0.222. The number of amides is 2. The fourth-order valence-electron chi connectivity index (χ4n) is 6.03. The number of aromatic carboxylic acids is 1. The average molecular weight is 650 g/mol. The van der Waals surface area contributed by atoms with Crippen molar-refractivity contribution in [1.29, 1.82) is 0 Å². The number of hydrogen-bond acceptors (Lipinski definition) is 6. The maximum absolute atomic E-state index is 13.9. The van der Waals surface area contributed by atoms with Crippen LogP contribution in [0.15, 0.2) is 66.9 Å². The van der Waals surface area contributed by atoms with Crippen LogP contribution in [-0.2, 0) is 19.4 Å². The number of aryl methyl sites for hydroxylation is 2. The van der Waals surface area contributed by atoms with Crippen LogP contribution in [0, 0.1) is 20.8 Å². The van der Waals surface area contributed by atoms with Crippen LogP contribution in [0.2, 0.25) is 5.02 Å². The second-order valence-corrected chi connectivity index (χ2v) is 12.2. The van der Waals surface area contributed by atoms with Gasteiger partial charge in [0.25, 0.3) is 11.8 Å². The van der Waals surface area contributed by atoms with Crippen molar-refractivity contribution in [2.24, 2.45) is 0 Å². The second kappa shape index (κ2) is 12.8. The van der Waals surface area contributed by atoms with E-state index in [9.17, 15) is 24.3 Å². The molecule has 0 aliphatic heterocycles. The van der Waals surface area contributed by atoms with Crippen molar-refractivity contribution in [3.05, 3.63) is 133 Å². The minimum atomic E-state index is -1.00. The highest BCUT2D eigenvalue weighted by molar-refractivity contribution is 6.31. The fourth-order valence-corrected chi connectivity index (χ4v) is 6.23. The van der Waals surface area contributed by atoms with Gasteiger partial charge in [-0.2, -0.15) is 5.10 Å². The average Bonchev–Trinajstić information content (AvgIpc) is 3.67. The molecule has 238 valence electrons. The smallest absolute Gasteiger partial charge is 0.335 e. The van der Waals surface area contributed by atoms with E-state index in [-0.39, 0.29) is 53.0 Å². The summed E-state index contributed by atoms with van der Waals surface area (Å²) in [5.74, 6) is -2.37. The Bertz CT molecular complexity index is 2100. The van der Waals surface area contributed by atoms with Gasteiger partial charge in [0.15, 0.2) is 11.4 Å². The second-order valence-electron chi connectivity index (χ2n) is 11.8. The molecular formula is C36H32ClN5O5. The summed E-state index contributed by atoms with van der Waals surface area (Å²) >= 11 is 6.31. The molecule has 10 nitrogen and oxygen atoms in total. The van der Waals surface area contributed by atoms with Crippen LogP contribution in [0.5, 0.6) is 0 Å². The third-order valence-electron chi connectivity index (χ3n) is 8.80. The van der Waals surface area contributed by atoms with E-state index in [1.54, 1.807) is 43.3 Å². The van der Waals surface area contributed by atoms with Gasteiger partial charge in [0, 0.05) is 24.1 Å². The van der Waals surface area contributed by atoms with Crippen LogP contribution in [-0.4, -0.2) is 43.3 Å². The summed E-state index contributed by atoms with van der Waals surface area (Å²) in [6.45, 7) is 6.02. The lowest BCUT2D eigenvalue weighted by atomic mass is 9.98. The zero-order chi connectivity index (χ0) is 33.4. The van der Waals surface area contributed by atoms with Crippen molar-refractivity contribution in [2.75, 3.05) is 0 Å². The van der Waals surface area contributed by atoms with Crippen molar-refractivity contribution < 1.29 is 24.3 Å². The summed E-state index contributed by atoms with van der Waals surface area (Å²) in [6.07, 6.45) is 2.50. The van der Waals surface area contributed by atoms with Crippen molar-refractivity contribution in [1.82, 2.24) is 25.2 Å². The van der Waals surface area contributed by atoms with E-state index < -0.39 is 17.8 Å². The quantitative estimate of drug-likeness (QED) is 0.172. The minimum Gasteiger partial charge on any atom is -0.478 e. The third kappa shape index (κ3) is 6.24. The van der Waals surface area contributed by atoms with E-state index >= 15 is 0 Å². The van der Waals surface area contributed by atoms with E-state index in [0.717, 1.165) is 27.8 Å². The molecule has 1 atom stereocenters. The van der Waals surface area contributed by atoms with Crippen LogP contribution in [0.25, 0.3) is 5.65 Å². The molecule has 3 N–H and O–H groups in total.